The van der Waals surface area contributed by atoms with Gasteiger partial charge in [-0.25, -0.2) is 0 Å². The molecule has 4 heteroatoms. The number of guanidine groups is 1. The lowest BCUT2D eigenvalue weighted by Crippen LogP contribution is -2.50. The molecule has 1 atom stereocenters. The predicted molar refractivity (Wildman–Crippen MR) is 78.9 cm³/mol. The predicted octanol–water partition coefficient (Wildman–Crippen LogP) is 3.14. The van der Waals surface area contributed by atoms with E-state index < -0.39 is 0 Å². The van der Waals surface area contributed by atoms with Crippen LogP contribution in [0, 0.1) is 5.92 Å². The van der Waals surface area contributed by atoms with Crippen LogP contribution in [0.15, 0.2) is 33.7 Å². The number of rotatable bonds is 3. The molecule has 3 rings (SSSR count). The van der Waals surface area contributed by atoms with Crippen LogP contribution in [0.3, 0.4) is 0 Å². The Bertz CT molecular complexity index is 478. The van der Waals surface area contributed by atoms with Crippen molar-refractivity contribution in [2.75, 3.05) is 11.4 Å². The van der Waals surface area contributed by atoms with Gasteiger partial charge < -0.3 is 10.6 Å². The average Bonchev–Trinajstić information content (AvgIpc) is 3.08. The average molecular weight is 308 g/mol. The molecular formula is C14H18BrN3. The van der Waals surface area contributed by atoms with Gasteiger partial charge >= 0.3 is 0 Å². The van der Waals surface area contributed by atoms with E-state index in [0.29, 0.717) is 5.96 Å². The highest BCUT2D eigenvalue weighted by Gasteiger charge is 2.42. The van der Waals surface area contributed by atoms with Gasteiger partial charge in [0.25, 0.3) is 0 Å². The molecule has 1 aliphatic carbocycles. The molecule has 1 aromatic carbocycles. The summed E-state index contributed by atoms with van der Waals surface area (Å²) in [5.41, 5.74) is 7.28. The van der Waals surface area contributed by atoms with Crippen molar-refractivity contribution < 1.29 is 0 Å². The van der Waals surface area contributed by atoms with E-state index in [9.17, 15) is 0 Å². The van der Waals surface area contributed by atoms with Crippen molar-refractivity contribution >= 4 is 27.6 Å². The van der Waals surface area contributed by atoms with E-state index in [2.05, 4.69) is 57.0 Å². The maximum Gasteiger partial charge on any atom is 0.196 e. The van der Waals surface area contributed by atoms with Crippen LogP contribution in [-0.2, 0) is 0 Å². The van der Waals surface area contributed by atoms with E-state index in [4.69, 9.17) is 5.73 Å². The molecule has 0 amide bonds. The summed E-state index contributed by atoms with van der Waals surface area (Å²) < 4.78 is 1.09. The Morgan fingerprint density at radius 1 is 1.39 bits per heavy atom. The first-order valence-corrected chi connectivity index (χ1v) is 7.23. The summed E-state index contributed by atoms with van der Waals surface area (Å²) in [5.74, 6) is 1.52. The number of anilines is 1. The smallest absolute Gasteiger partial charge is 0.196 e. The van der Waals surface area contributed by atoms with Crippen LogP contribution in [0.5, 0.6) is 0 Å². The number of benzene rings is 1. The summed E-state index contributed by atoms with van der Waals surface area (Å²) in [5, 5.41) is 0. The summed E-state index contributed by atoms with van der Waals surface area (Å²) in [7, 11) is 0. The summed E-state index contributed by atoms with van der Waals surface area (Å²) in [4.78, 5) is 6.67. The molecule has 0 bridgehead atoms. The van der Waals surface area contributed by atoms with Crippen molar-refractivity contribution in [1.82, 2.24) is 0 Å². The second-order valence-corrected chi connectivity index (χ2v) is 6.55. The summed E-state index contributed by atoms with van der Waals surface area (Å²) in [6, 6.07) is 8.31. The van der Waals surface area contributed by atoms with Crippen LogP contribution >= 0.6 is 15.9 Å². The molecule has 18 heavy (non-hydrogen) atoms. The van der Waals surface area contributed by atoms with Gasteiger partial charge in [0.05, 0.1) is 12.1 Å². The van der Waals surface area contributed by atoms with Crippen LogP contribution in [0.4, 0.5) is 5.69 Å². The third-order valence-electron chi connectivity index (χ3n) is 3.86. The minimum Gasteiger partial charge on any atom is -0.369 e. The molecule has 2 aliphatic rings. The van der Waals surface area contributed by atoms with Crippen molar-refractivity contribution in [3.05, 3.63) is 28.7 Å². The topological polar surface area (TPSA) is 41.6 Å². The van der Waals surface area contributed by atoms with Gasteiger partial charge in [-0.05, 0) is 43.5 Å². The second-order valence-electron chi connectivity index (χ2n) is 5.63. The molecular weight excluding hydrogens is 290 g/mol. The Labute approximate surface area is 116 Å². The lowest BCUT2D eigenvalue weighted by atomic mass is 9.93. The molecule has 0 radical (unpaired) electrons. The van der Waals surface area contributed by atoms with E-state index in [1.54, 1.807) is 0 Å². The van der Waals surface area contributed by atoms with Gasteiger partial charge in [-0.2, -0.15) is 0 Å². The summed E-state index contributed by atoms with van der Waals surface area (Å²) in [6.07, 6.45) is 3.92. The highest BCUT2D eigenvalue weighted by molar-refractivity contribution is 9.10. The number of hydrogen-bond acceptors (Lipinski definition) is 3. The largest absolute Gasteiger partial charge is 0.369 e. The fourth-order valence-electron chi connectivity index (χ4n) is 2.80. The third kappa shape index (κ3) is 2.14. The quantitative estimate of drug-likeness (QED) is 0.932. The van der Waals surface area contributed by atoms with E-state index in [0.717, 1.165) is 22.6 Å². The second kappa shape index (κ2) is 4.26. The van der Waals surface area contributed by atoms with Gasteiger partial charge in [0.15, 0.2) is 5.96 Å². The van der Waals surface area contributed by atoms with E-state index in [-0.39, 0.29) is 5.54 Å². The number of aliphatic imine (C=N–C) groups is 1. The van der Waals surface area contributed by atoms with Crippen LogP contribution in [0.1, 0.15) is 26.2 Å². The molecule has 0 aromatic heterocycles. The van der Waals surface area contributed by atoms with E-state index in [1.807, 2.05) is 0 Å². The standard InChI is InChI=1S/C14H18BrN3/c1-14(8-10-2-3-10)9-17-13(16)18(14)12-6-4-11(15)5-7-12/h4-7,10H,2-3,8-9H2,1H3,(H2,16,17). The zero-order chi connectivity index (χ0) is 12.8. The lowest BCUT2D eigenvalue weighted by Gasteiger charge is -2.36. The Morgan fingerprint density at radius 3 is 2.67 bits per heavy atom. The fraction of sp³-hybridized carbons (Fsp3) is 0.500. The van der Waals surface area contributed by atoms with Crippen molar-refractivity contribution in [3.8, 4) is 0 Å². The number of nitrogens with zero attached hydrogens (tertiary/aromatic N) is 2. The Kier molecular flexibility index (Phi) is 2.85. The SMILES string of the molecule is CC1(CC2CC2)CN=C(N)N1c1ccc(Br)cc1. The van der Waals surface area contributed by atoms with Gasteiger partial charge in [-0.15, -0.1) is 0 Å². The minimum absolute atomic E-state index is 0.0546. The molecule has 1 aromatic rings. The van der Waals surface area contributed by atoms with Crippen LogP contribution in [0.2, 0.25) is 0 Å². The Morgan fingerprint density at radius 2 is 2.06 bits per heavy atom. The molecule has 1 heterocycles. The molecule has 1 aliphatic heterocycles. The molecule has 1 saturated carbocycles. The van der Waals surface area contributed by atoms with Gasteiger partial charge in [0, 0.05) is 10.2 Å². The molecule has 3 nitrogen and oxygen atoms in total. The van der Waals surface area contributed by atoms with Crippen molar-refractivity contribution in [1.29, 1.82) is 0 Å². The summed E-state index contributed by atoms with van der Waals surface area (Å²) in [6.45, 7) is 3.09. The third-order valence-corrected chi connectivity index (χ3v) is 4.39. The first-order chi connectivity index (χ1) is 8.58. The monoisotopic (exact) mass is 307 g/mol. The van der Waals surface area contributed by atoms with Crippen molar-refractivity contribution in [2.45, 2.75) is 31.7 Å². The molecule has 1 fully saturated rings. The Balaban J connectivity index is 1.90. The maximum atomic E-state index is 6.09. The van der Waals surface area contributed by atoms with Gasteiger partial charge in [0.1, 0.15) is 0 Å². The normalized spacial score (nSPS) is 27.4. The van der Waals surface area contributed by atoms with Crippen LogP contribution < -0.4 is 10.6 Å². The minimum atomic E-state index is 0.0546. The highest BCUT2D eigenvalue weighted by Crippen LogP contribution is 2.42. The molecule has 0 saturated heterocycles. The van der Waals surface area contributed by atoms with Crippen LogP contribution in [-0.4, -0.2) is 18.0 Å². The van der Waals surface area contributed by atoms with Crippen LogP contribution in [0.25, 0.3) is 0 Å². The Hall–Kier alpha value is -1.03. The lowest BCUT2D eigenvalue weighted by molar-refractivity contribution is 0.435. The molecule has 0 spiro atoms. The van der Waals surface area contributed by atoms with Crippen molar-refractivity contribution in [3.63, 3.8) is 0 Å². The van der Waals surface area contributed by atoms with Gasteiger partial charge in [-0.1, -0.05) is 28.8 Å². The highest BCUT2D eigenvalue weighted by atomic mass is 79.9. The fourth-order valence-corrected chi connectivity index (χ4v) is 3.07. The first-order valence-electron chi connectivity index (χ1n) is 6.44. The summed E-state index contributed by atoms with van der Waals surface area (Å²) >= 11 is 3.47. The molecule has 2 N–H and O–H groups in total. The molecule has 1 unspecified atom stereocenters. The van der Waals surface area contributed by atoms with E-state index in [1.165, 1.54) is 19.3 Å². The first kappa shape index (κ1) is 12.0. The maximum absolute atomic E-state index is 6.09. The molecule has 96 valence electrons. The number of halogens is 1. The van der Waals surface area contributed by atoms with E-state index >= 15 is 0 Å². The number of nitrogens with two attached hydrogens (primary N) is 1. The van der Waals surface area contributed by atoms with Gasteiger partial charge in [-0.3, -0.25) is 4.99 Å². The zero-order valence-electron chi connectivity index (χ0n) is 10.6. The van der Waals surface area contributed by atoms with Crippen molar-refractivity contribution in [2.24, 2.45) is 16.6 Å². The zero-order valence-corrected chi connectivity index (χ0v) is 12.2. The van der Waals surface area contributed by atoms with Gasteiger partial charge in [0.2, 0.25) is 0 Å². The number of hydrogen-bond donors (Lipinski definition) is 1.